The van der Waals surface area contributed by atoms with Gasteiger partial charge in [0, 0.05) is 59.2 Å². The first-order chi connectivity index (χ1) is 16.5. The second-order valence-corrected chi connectivity index (χ2v) is 8.80. The Bertz CT molecular complexity index is 1140. The Hall–Kier alpha value is -3.52. The van der Waals surface area contributed by atoms with Crippen molar-refractivity contribution >= 4 is 39.1 Å². The zero-order valence-corrected chi connectivity index (χ0v) is 20.7. The molecule has 3 aromatic rings. The Kier molecular flexibility index (Phi) is 7.37. The number of amides is 2. The van der Waals surface area contributed by atoms with Crippen molar-refractivity contribution in [1.82, 2.24) is 4.90 Å². The van der Waals surface area contributed by atoms with Gasteiger partial charge in [0.05, 0.1) is 14.2 Å². The van der Waals surface area contributed by atoms with Crippen molar-refractivity contribution in [2.75, 3.05) is 50.6 Å². The molecule has 0 spiro atoms. The first-order valence-electron chi connectivity index (χ1n) is 10.9. The lowest BCUT2D eigenvalue weighted by molar-refractivity contribution is 0.0746. The fourth-order valence-corrected chi connectivity index (χ4v) is 4.11. The van der Waals surface area contributed by atoms with Crippen LogP contribution in [-0.4, -0.2) is 57.1 Å². The third-order valence-corrected chi connectivity index (χ3v) is 6.29. The maximum atomic E-state index is 13.0. The van der Waals surface area contributed by atoms with Crippen molar-refractivity contribution in [3.63, 3.8) is 0 Å². The van der Waals surface area contributed by atoms with Crippen LogP contribution in [-0.2, 0) is 0 Å². The Morgan fingerprint density at radius 1 is 0.794 bits per heavy atom. The van der Waals surface area contributed by atoms with Gasteiger partial charge in [0.1, 0.15) is 11.5 Å². The van der Waals surface area contributed by atoms with Gasteiger partial charge in [0.2, 0.25) is 0 Å². The van der Waals surface area contributed by atoms with Crippen molar-refractivity contribution in [1.29, 1.82) is 0 Å². The van der Waals surface area contributed by atoms with Gasteiger partial charge in [-0.2, -0.15) is 0 Å². The monoisotopic (exact) mass is 523 g/mol. The molecule has 0 radical (unpaired) electrons. The summed E-state index contributed by atoms with van der Waals surface area (Å²) in [7, 11) is 3.14. The molecule has 1 aliphatic heterocycles. The molecule has 0 aliphatic carbocycles. The highest BCUT2D eigenvalue weighted by Gasteiger charge is 2.23. The van der Waals surface area contributed by atoms with E-state index in [1.807, 2.05) is 41.3 Å². The minimum atomic E-state index is -0.151. The van der Waals surface area contributed by atoms with Gasteiger partial charge in [-0.1, -0.05) is 15.9 Å². The van der Waals surface area contributed by atoms with Gasteiger partial charge >= 0.3 is 0 Å². The van der Waals surface area contributed by atoms with Crippen LogP contribution in [0, 0.1) is 0 Å². The maximum absolute atomic E-state index is 13.0. The second-order valence-electron chi connectivity index (χ2n) is 7.89. The number of ether oxygens (including phenoxy) is 2. The molecule has 0 saturated carbocycles. The van der Waals surface area contributed by atoms with Gasteiger partial charge in [-0.3, -0.25) is 9.59 Å². The van der Waals surface area contributed by atoms with Gasteiger partial charge in [-0.15, -0.1) is 0 Å². The van der Waals surface area contributed by atoms with Gasteiger partial charge in [-0.05, 0) is 60.7 Å². The predicted molar refractivity (Wildman–Crippen MR) is 136 cm³/mol. The lowest BCUT2D eigenvalue weighted by Crippen LogP contribution is -2.48. The van der Waals surface area contributed by atoms with Crippen molar-refractivity contribution in [2.45, 2.75) is 0 Å². The number of hydrogen-bond acceptors (Lipinski definition) is 5. The zero-order chi connectivity index (χ0) is 24.1. The van der Waals surface area contributed by atoms with E-state index in [4.69, 9.17) is 9.47 Å². The number of nitrogens with one attached hydrogen (secondary N) is 1. The molecule has 1 heterocycles. The molecule has 0 unspecified atom stereocenters. The standard InChI is InChI=1S/C26H26BrN3O4/c1-33-23-15-19(16-24(17-23)34-2)26(32)30-13-11-29(12-14-30)22-9-7-21(8-10-22)28-25(31)18-3-5-20(27)6-4-18/h3-10,15-17H,11-14H2,1-2H3,(H,28,31). The van der Waals surface area contributed by atoms with Crippen LogP contribution < -0.4 is 19.7 Å². The molecule has 8 heteroatoms. The quantitative estimate of drug-likeness (QED) is 0.507. The normalized spacial score (nSPS) is 13.4. The Labute approximate surface area is 207 Å². The molecule has 0 bridgehead atoms. The smallest absolute Gasteiger partial charge is 0.255 e. The molecule has 0 atom stereocenters. The van der Waals surface area contributed by atoms with E-state index >= 15 is 0 Å². The summed E-state index contributed by atoms with van der Waals surface area (Å²) in [6.45, 7) is 2.66. The van der Waals surface area contributed by atoms with E-state index in [9.17, 15) is 9.59 Å². The van der Waals surface area contributed by atoms with Crippen LogP contribution in [0.3, 0.4) is 0 Å². The minimum absolute atomic E-state index is 0.0390. The Balaban J connectivity index is 1.34. The minimum Gasteiger partial charge on any atom is -0.497 e. The molecule has 4 rings (SSSR count). The number of methoxy groups -OCH3 is 2. The number of halogens is 1. The molecule has 176 valence electrons. The number of benzene rings is 3. The summed E-state index contributed by atoms with van der Waals surface area (Å²) in [5.41, 5.74) is 2.94. The summed E-state index contributed by atoms with van der Waals surface area (Å²) in [5, 5.41) is 2.92. The molecule has 1 aliphatic rings. The maximum Gasteiger partial charge on any atom is 0.255 e. The molecular formula is C26H26BrN3O4. The molecule has 0 aromatic heterocycles. The molecule has 34 heavy (non-hydrogen) atoms. The van der Waals surface area contributed by atoms with E-state index in [1.165, 1.54) is 0 Å². The number of piperazine rings is 1. The summed E-state index contributed by atoms with van der Waals surface area (Å²) in [5.74, 6) is 0.992. The number of anilines is 2. The van der Waals surface area contributed by atoms with Gasteiger partial charge in [0.15, 0.2) is 0 Å². The molecule has 1 saturated heterocycles. The number of carbonyl (C=O) groups is 2. The molecule has 1 fully saturated rings. The fourth-order valence-electron chi connectivity index (χ4n) is 3.84. The highest BCUT2D eigenvalue weighted by atomic mass is 79.9. The van der Waals surface area contributed by atoms with Crippen LogP contribution in [0.4, 0.5) is 11.4 Å². The highest BCUT2D eigenvalue weighted by molar-refractivity contribution is 9.10. The summed E-state index contributed by atoms with van der Waals surface area (Å²) in [6.07, 6.45) is 0. The Morgan fingerprint density at radius 2 is 1.38 bits per heavy atom. The lowest BCUT2D eigenvalue weighted by atomic mass is 10.1. The first-order valence-corrected chi connectivity index (χ1v) is 11.7. The largest absolute Gasteiger partial charge is 0.497 e. The van der Waals surface area contributed by atoms with E-state index in [1.54, 1.807) is 44.6 Å². The van der Waals surface area contributed by atoms with Crippen LogP contribution in [0.1, 0.15) is 20.7 Å². The molecule has 2 amide bonds. The van der Waals surface area contributed by atoms with E-state index in [2.05, 4.69) is 26.1 Å². The van der Waals surface area contributed by atoms with Crippen LogP contribution in [0.2, 0.25) is 0 Å². The third kappa shape index (κ3) is 5.51. The van der Waals surface area contributed by atoms with E-state index < -0.39 is 0 Å². The summed E-state index contributed by atoms with van der Waals surface area (Å²) in [4.78, 5) is 29.5. The van der Waals surface area contributed by atoms with Crippen molar-refractivity contribution < 1.29 is 19.1 Å². The predicted octanol–water partition coefficient (Wildman–Crippen LogP) is 4.68. The van der Waals surface area contributed by atoms with Crippen LogP contribution in [0.5, 0.6) is 11.5 Å². The number of rotatable bonds is 6. The SMILES string of the molecule is COc1cc(OC)cc(C(=O)N2CCN(c3ccc(NC(=O)c4ccc(Br)cc4)cc3)CC2)c1. The van der Waals surface area contributed by atoms with Crippen LogP contribution in [0.25, 0.3) is 0 Å². The average Bonchev–Trinajstić information content (AvgIpc) is 2.88. The molecule has 3 aromatic carbocycles. The summed E-state index contributed by atoms with van der Waals surface area (Å²) in [6, 6.07) is 20.2. The van der Waals surface area contributed by atoms with Crippen molar-refractivity contribution in [3.8, 4) is 11.5 Å². The van der Waals surface area contributed by atoms with Crippen LogP contribution >= 0.6 is 15.9 Å². The topological polar surface area (TPSA) is 71.1 Å². The van der Waals surface area contributed by atoms with Gasteiger partial charge in [0.25, 0.3) is 11.8 Å². The van der Waals surface area contributed by atoms with Gasteiger partial charge < -0.3 is 24.6 Å². The third-order valence-electron chi connectivity index (χ3n) is 5.76. The fraction of sp³-hybridized carbons (Fsp3) is 0.231. The van der Waals surface area contributed by atoms with Gasteiger partial charge in [-0.25, -0.2) is 0 Å². The molecular weight excluding hydrogens is 498 g/mol. The number of nitrogens with zero attached hydrogens (tertiary/aromatic N) is 2. The average molecular weight is 524 g/mol. The summed E-state index contributed by atoms with van der Waals surface area (Å²) >= 11 is 3.37. The zero-order valence-electron chi connectivity index (χ0n) is 19.1. The van der Waals surface area contributed by atoms with Crippen molar-refractivity contribution in [2.24, 2.45) is 0 Å². The second kappa shape index (κ2) is 10.6. The van der Waals surface area contributed by atoms with Crippen molar-refractivity contribution in [3.05, 3.63) is 82.3 Å². The Morgan fingerprint density at radius 3 is 1.94 bits per heavy atom. The molecule has 7 nitrogen and oxygen atoms in total. The van der Waals surface area contributed by atoms with E-state index in [-0.39, 0.29) is 11.8 Å². The summed E-state index contributed by atoms with van der Waals surface area (Å²) < 4.78 is 11.5. The number of hydrogen-bond donors (Lipinski definition) is 1. The van der Waals surface area contributed by atoms with E-state index in [0.717, 1.165) is 28.9 Å². The lowest BCUT2D eigenvalue weighted by Gasteiger charge is -2.36. The van der Waals surface area contributed by atoms with Crippen LogP contribution in [0.15, 0.2) is 71.2 Å². The first kappa shape index (κ1) is 23.6. The van der Waals surface area contributed by atoms with E-state index in [0.29, 0.717) is 35.7 Å². The highest BCUT2D eigenvalue weighted by Crippen LogP contribution is 2.25. The number of carbonyl (C=O) groups excluding carboxylic acids is 2. The molecule has 1 N–H and O–H groups in total.